The standard InChI is InChI=1S/C19H18N4O3S/c24-19(17-11-13-10-15(23(25)26)5-6-16(13)27-17)21-14-4-7-18(20-12-14)22-8-2-1-3-9-22/h4-7,10-12H,1-3,8-9H2,(H,21,24). The topological polar surface area (TPSA) is 88.4 Å². The zero-order valence-electron chi connectivity index (χ0n) is 14.6. The molecule has 0 unspecified atom stereocenters. The molecule has 7 nitrogen and oxygen atoms in total. The molecule has 138 valence electrons. The number of anilines is 2. The first kappa shape index (κ1) is 17.4. The predicted molar refractivity (Wildman–Crippen MR) is 107 cm³/mol. The van der Waals surface area contributed by atoms with E-state index in [0.29, 0.717) is 16.0 Å². The van der Waals surface area contributed by atoms with E-state index in [1.807, 2.05) is 12.1 Å². The molecule has 0 aliphatic carbocycles. The summed E-state index contributed by atoms with van der Waals surface area (Å²) >= 11 is 1.31. The number of nitrogens with one attached hydrogen (secondary N) is 1. The molecule has 3 heterocycles. The molecular weight excluding hydrogens is 364 g/mol. The lowest BCUT2D eigenvalue weighted by Crippen LogP contribution is -2.30. The monoisotopic (exact) mass is 382 g/mol. The van der Waals surface area contributed by atoms with E-state index in [2.05, 4.69) is 15.2 Å². The van der Waals surface area contributed by atoms with Crippen LogP contribution in [0.3, 0.4) is 0 Å². The average Bonchev–Trinajstić information content (AvgIpc) is 3.13. The van der Waals surface area contributed by atoms with E-state index < -0.39 is 4.92 Å². The largest absolute Gasteiger partial charge is 0.357 e. The van der Waals surface area contributed by atoms with Gasteiger partial charge in [0.1, 0.15) is 5.82 Å². The number of aromatic nitrogens is 1. The van der Waals surface area contributed by atoms with Crippen LogP contribution in [0.1, 0.15) is 28.9 Å². The highest BCUT2D eigenvalue weighted by Crippen LogP contribution is 2.29. The molecule has 0 saturated carbocycles. The van der Waals surface area contributed by atoms with Crippen LogP contribution in [-0.2, 0) is 0 Å². The van der Waals surface area contributed by atoms with Crippen molar-refractivity contribution in [2.45, 2.75) is 19.3 Å². The second-order valence-electron chi connectivity index (χ2n) is 6.50. The number of non-ortho nitro benzene ring substituents is 1. The molecule has 0 atom stereocenters. The number of carbonyl (C=O) groups excluding carboxylic acids is 1. The molecular formula is C19H18N4O3S. The molecule has 1 fully saturated rings. The fourth-order valence-corrected chi connectivity index (χ4v) is 4.16. The van der Waals surface area contributed by atoms with Crippen LogP contribution in [0, 0.1) is 10.1 Å². The van der Waals surface area contributed by atoms with Gasteiger partial charge in [0.15, 0.2) is 0 Å². The van der Waals surface area contributed by atoms with Crippen LogP contribution >= 0.6 is 11.3 Å². The molecule has 27 heavy (non-hydrogen) atoms. The fourth-order valence-electron chi connectivity index (χ4n) is 3.22. The van der Waals surface area contributed by atoms with E-state index in [0.717, 1.165) is 23.6 Å². The first-order chi connectivity index (χ1) is 13.1. The predicted octanol–water partition coefficient (Wildman–Crippen LogP) is 4.45. The SMILES string of the molecule is O=C(Nc1ccc(N2CCCCC2)nc1)c1cc2cc([N+](=O)[O-])ccc2s1. The Morgan fingerprint density at radius 1 is 1.15 bits per heavy atom. The molecule has 1 aliphatic rings. The smallest absolute Gasteiger partial charge is 0.270 e. The number of amides is 1. The van der Waals surface area contributed by atoms with Crippen molar-refractivity contribution < 1.29 is 9.72 Å². The van der Waals surface area contributed by atoms with Gasteiger partial charge >= 0.3 is 0 Å². The molecule has 8 heteroatoms. The number of thiophene rings is 1. The number of nitro benzene ring substituents is 1. The van der Waals surface area contributed by atoms with Crippen molar-refractivity contribution in [3.8, 4) is 0 Å². The first-order valence-electron chi connectivity index (χ1n) is 8.80. The summed E-state index contributed by atoms with van der Waals surface area (Å²) in [5.74, 6) is 0.688. The Morgan fingerprint density at radius 3 is 2.67 bits per heavy atom. The maximum atomic E-state index is 12.5. The van der Waals surface area contributed by atoms with Crippen LogP contribution in [0.2, 0.25) is 0 Å². The molecule has 2 aromatic heterocycles. The van der Waals surface area contributed by atoms with Gasteiger partial charge in [-0.3, -0.25) is 14.9 Å². The summed E-state index contributed by atoms with van der Waals surface area (Å²) in [6.07, 6.45) is 5.30. The van der Waals surface area contributed by atoms with Crippen LogP contribution < -0.4 is 10.2 Å². The number of benzene rings is 1. The maximum absolute atomic E-state index is 12.5. The number of nitro groups is 1. The van der Waals surface area contributed by atoms with E-state index in [1.54, 1.807) is 18.3 Å². The van der Waals surface area contributed by atoms with Gasteiger partial charge in [0.2, 0.25) is 0 Å². The van der Waals surface area contributed by atoms with Crippen LogP contribution in [0.4, 0.5) is 17.2 Å². The molecule has 1 N–H and O–H groups in total. The molecule has 0 radical (unpaired) electrons. The minimum Gasteiger partial charge on any atom is -0.357 e. The minimum atomic E-state index is -0.438. The summed E-state index contributed by atoms with van der Waals surface area (Å²) in [6.45, 7) is 2.04. The van der Waals surface area contributed by atoms with Crippen molar-refractivity contribution in [1.29, 1.82) is 0 Å². The molecule has 1 amide bonds. The molecule has 1 saturated heterocycles. The summed E-state index contributed by atoms with van der Waals surface area (Å²) in [5.41, 5.74) is 0.647. The van der Waals surface area contributed by atoms with Gasteiger partial charge in [0.05, 0.1) is 21.7 Å². The molecule has 4 rings (SSSR count). The van der Waals surface area contributed by atoms with Crippen molar-refractivity contribution >= 4 is 44.5 Å². The summed E-state index contributed by atoms with van der Waals surface area (Å²) in [4.78, 5) is 30.2. The van der Waals surface area contributed by atoms with Crippen LogP contribution in [0.25, 0.3) is 10.1 Å². The maximum Gasteiger partial charge on any atom is 0.270 e. The Kier molecular flexibility index (Phi) is 4.72. The highest BCUT2D eigenvalue weighted by atomic mass is 32.1. The lowest BCUT2D eigenvalue weighted by atomic mass is 10.1. The number of hydrogen-bond acceptors (Lipinski definition) is 6. The number of nitrogens with zero attached hydrogens (tertiary/aromatic N) is 3. The van der Waals surface area contributed by atoms with Crippen molar-refractivity contribution in [3.63, 3.8) is 0 Å². The van der Waals surface area contributed by atoms with Crippen molar-refractivity contribution in [2.75, 3.05) is 23.3 Å². The van der Waals surface area contributed by atoms with Crippen LogP contribution in [0.15, 0.2) is 42.6 Å². The number of pyridine rings is 1. The zero-order chi connectivity index (χ0) is 18.8. The van der Waals surface area contributed by atoms with Crippen molar-refractivity contribution in [3.05, 3.63) is 57.6 Å². The lowest BCUT2D eigenvalue weighted by molar-refractivity contribution is -0.384. The summed E-state index contributed by atoms with van der Waals surface area (Å²) in [7, 11) is 0. The van der Waals surface area contributed by atoms with E-state index in [4.69, 9.17) is 0 Å². The molecule has 0 bridgehead atoms. The molecule has 1 aliphatic heterocycles. The third-order valence-corrected chi connectivity index (χ3v) is 5.74. The highest BCUT2D eigenvalue weighted by molar-refractivity contribution is 7.20. The van der Waals surface area contributed by atoms with Crippen LogP contribution in [-0.4, -0.2) is 28.9 Å². The van der Waals surface area contributed by atoms with Gasteiger partial charge in [-0.25, -0.2) is 4.98 Å². The Bertz CT molecular complexity index is 994. The number of rotatable bonds is 4. The second-order valence-corrected chi connectivity index (χ2v) is 7.58. The second kappa shape index (κ2) is 7.32. The quantitative estimate of drug-likeness (QED) is 0.532. The fraction of sp³-hybridized carbons (Fsp3) is 0.263. The minimum absolute atomic E-state index is 0.0183. The normalized spacial score (nSPS) is 14.3. The lowest BCUT2D eigenvalue weighted by Gasteiger charge is -2.27. The van der Waals surface area contributed by atoms with Gasteiger partial charge in [-0.2, -0.15) is 0 Å². The van der Waals surface area contributed by atoms with Gasteiger partial charge in [-0.1, -0.05) is 0 Å². The van der Waals surface area contributed by atoms with E-state index in [-0.39, 0.29) is 11.6 Å². The first-order valence-corrected chi connectivity index (χ1v) is 9.62. The van der Waals surface area contributed by atoms with Gasteiger partial charge in [-0.05, 0) is 43.5 Å². The highest BCUT2D eigenvalue weighted by Gasteiger charge is 2.15. The molecule has 1 aromatic carbocycles. The van der Waals surface area contributed by atoms with Gasteiger partial charge < -0.3 is 10.2 Å². The summed E-state index contributed by atoms with van der Waals surface area (Å²) in [5, 5.41) is 14.4. The number of piperidine rings is 1. The third-order valence-electron chi connectivity index (χ3n) is 4.62. The van der Waals surface area contributed by atoms with Crippen LogP contribution in [0.5, 0.6) is 0 Å². The Hall–Kier alpha value is -3.00. The van der Waals surface area contributed by atoms with E-state index >= 15 is 0 Å². The Balaban J connectivity index is 1.48. The summed E-state index contributed by atoms with van der Waals surface area (Å²) in [6, 6.07) is 10.1. The summed E-state index contributed by atoms with van der Waals surface area (Å²) < 4.78 is 0.837. The third kappa shape index (κ3) is 3.75. The molecule has 3 aromatic rings. The number of hydrogen-bond donors (Lipinski definition) is 1. The van der Waals surface area contributed by atoms with Gasteiger partial charge in [-0.15, -0.1) is 11.3 Å². The number of fused-ring (bicyclic) bond motifs is 1. The number of carbonyl (C=O) groups is 1. The van der Waals surface area contributed by atoms with Gasteiger partial charge in [0.25, 0.3) is 11.6 Å². The average molecular weight is 382 g/mol. The Labute approximate surface area is 159 Å². The van der Waals surface area contributed by atoms with Crippen molar-refractivity contribution in [2.24, 2.45) is 0 Å². The Morgan fingerprint density at radius 2 is 1.96 bits per heavy atom. The molecule has 0 spiro atoms. The van der Waals surface area contributed by atoms with Gasteiger partial charge in [0, 0.05) is 35.3 Å². The van der Waals surface area contributed by atoms with E-state index in [9.17, 15) is 14.9 Å². The van der Waals surface area contributed by atoms with Crippen molar-refractivity contribution in [1.82, 2.24) is 4.98 Å². The zero-order valence-corrected chi connectivity index (χ0v) is 15.4. The van der Waals surface area contributed by atoms with E-state index in [1.165, 1.54) is 42.7 Å².